The van der Waals surface area contributed by atoms with Crippen molar-refractivity contribution in [3.63, 3.8) is 0 Å². The predicted molar refractivity (Wildman–Crippen MR) is 109 cm³/mol. The van der Waals surface area contributed by atoms with Gasteiger partial charge in [-0.1, -0.05) is 13.0 Å². The fourth-order valence-corrected chi connectivity index (χ4v) is 3.66. The lowest BCUT2D eigenvalue weighted by molar-refractivity contribution is -0.0809. The van der Waals surface area contributed by atoms with E-state index in [1.807, 2.05) is 6.92 Å². The van der Waals surface area contributed by atoms with Crippen LogP contribution in [0.3, 0.4) is 0 Å². The Hall–Kier alpha value is -3.33. The molecule has 9 heteroatoms. The van der Waals surface area contributed by atoms with Crippen LogP contribution in [0.2, 0.25) is 0 Å². The number of nitrogens with one attached hydrogen (secondary N) is 2. The molecule has 0 atom stereocenters. The quantitative estimate of drug-likeness (QED) is 0.559. The molecular formula is C22H21F3N4O2. The molecule has 1 fully saturated rings. The molecule has 4 rings (SSSR count). The van der Waals surface area contributed by atoms with E-state index in [1.165, 1.54) is 17.0 Å². The number of halogens is 3. The number of aliphatic hydroxyl groups is 1. The number of carbonyl (C=O) groups excluding carboxylic acids is 1. The molecule has 1 aliphatic heterocycles. The van der Waals surface area contributed by atoms with Crippen LogP contribution in [0.4, 0.5) is 24.5 Å². The fraction of sp³-hybridized carbons (Fsp3) is 0.273. The number of amides is 1. The van der Waals surface area contributed by atoms with Crippen molar-refractivity contribution in [2.24, 2.45) is 0 Å². The van der Waals surface area contributed by atoms with Gasteiger partial charge in [-0.05, 0) is 36.2 Å². The van der Waals surface area contributed by atoms with Gasteiger partial charge in [-0.25, -0.2) is 18.2 Å². The number of β-amino-alcohol motifs (C(OH)–C–C–N with tert-alkyl or cyclic N) is 1. The molecule has 3 aromatic rings. The number of H-pyrrole nitrogens is 1. The van der Waals surface area contributed by atoms with Crippen LogP contribution < -0.4 is 5.32 Å². The molecule has 2 heterocycles. The molecule has 1 aliphatic rings. The zero-order valence-electron chi connectivity index (χ0n) is 16.8. The van der Waals surface area contributed by atoms with E-state index in [4.69, 9.17) is 0 Å². The molecule has 31 heavy (non-hydrogen) atoms. The Morgan fingerprint density at radius 2 is 2.00 bits per heavy atom. The van der Waals surface area contributed by atoms with Crippen molar-refractivity contribution in [2.45, 2.75) is 25.4 Å². The van der Waals surface area contributed by atoms with Gasteiger partial charge < -0.3 is 20.3 Å². The highest BCUT2D eigenvalue weighted by Crippen LogP contribution is 2.32. The summed E-state index contributed by atoms with van der Waals surface area (Å²) < 4.78 is 42.9. The van der Waals surface area contributed by atoms with E-state index in [0.29, 0.717) is 12.2 Å². The van der Waals surface area contributed by atoms with Gasteiger partial charge >= 0.3 is 0 Å². The first-order valence-corrected chi connectivity index (χ1v) is 9.83. The molecule has 6 nitrogen and oxygen atoms in total. The summed E-state index contributed by atoms with van der Waals surface area (Å²) in [5.41, 5.74) is -1.10. The van der Waals surface area contributed by atoms with E-state index in [1.54, 1.807) is 18.5 Å². The van der Waals surface area contributed by atoms with Crippen LogP contribution in [0, 0.1) is 17.5 Å². The van der Waals surface area contributed by atoms with E-state index in [0.717, 1.165) is 17.7 Å². The minimum absolute atomic E-state index is 0.00449. The summed E-state index contributed by atoms with van der Waals surface area (Å²) in [6.07, 6.45) is 4.03. The number of likely N-dealkylation sites (tertiary alicyclic amines) is 1. The van der Waals surface area contributed by atoms with Crippen molar-refractivity contribution in [1.82, 2.24) is 14.9 Å². The molecule has 0 aliphatic carbocycles. The van der Waals surface area contributed by atoms with Gasteiger partial charge in [0.2, 0.25) is 0 Å². The molecule has 3 N–H and O–H groups in total. The number of aromatic nitrogens is 2. The second kappa shape index (κ2) is 8.07. The van der Waals surface area contributed by atoms with E-state index in [2.05, 4.69) is 15.3 Å². The lowest BCUT2D eigenvalue weighted by Crippen LogP contribution is -2.64. The van der Waals surface area contributed by atoms with Gasteiger partial charge in [0.15, 0.2) is 11.6 Å². The summed E-state index contributed by atoms with van der Waals surface area (Å²) in [6.45, 7) is 1.88. The zero-order chi connectivity index (χ0) is 22.2. The molecule has 1 amide bonds. The maximum atomic E-state index is 14.6. The van der Waals surface area contributed by atoms with E-state index >= 15 is 0 Å². The van der Waals surface area contributed by atoms with Crippen LogP contribution in [0.1, 0.15) is 28.7 Å². The molecule has 0 bridgehead atoms. The number of hydrogen-bond donors (Lipinski definition) is 3. The van der Waals surface area contributed by atoms with Gasteiger partial charge in [0, 0.05) is 18.8 Å². The number of rotatable bonds is 6. The van der Waals surface area contributed by atoms with Crippen LogP contribution >= 0.6 is 0 Å². The van der Waals surface area contributed by atoms with Gasteiger partial charge in [0.05, 0.1) is 30.0 Å². The highest BCUT2D eigenvalue weighted by Gasteiger charge is 2.45. The number of nitrogens with zero attached hydrogens (tertiary/aromatic N) is 2. The fourth-order valence-electron chi connectivity index (χ4n) is 3.66. The highest BCUT2D eigenvalue weighted by atomic mass is 19.2. The molecule has 0 unspecified atom stereocenters. The van der Waals surface area contributed by atoms with Crippen molar-refractivity contribution in [1.29, 1.82) is 0 Å². The van der Waals surface area contributed by atoms with Crippen molar-refractivity contribution in [3.05, 3.63) is 77.1 Å². The molecule has 1 saturated heterocycles. The van der Waals surface area contributed by atoms with Gasteiger partial charge in [-0.15, -0.1) is 0 Å². The largest absolute Gasteiger partial charge is 0.386 e. The Balaban J connectivity index is 1.56. The van der Waals surface area contributed by atoms with Crippen molar-refractivity contribution in [3.8, 4) is 0 Å². The second-order valence-corrected chi connectivity index (χ2v) is 7.67. The third-order valence-electron chi connectivity index (χ3n) is 5.34. The van der Waals surface area contributed by atoms with Gasteiger partial charge in [0.1, 0.15) is 17.2 Å². The first-order valence-electron chi connectivity index (χ1n) is 9.83. The van der Waals surface area contributed by atoms with Crippen LogP contribution in [0.25, 0.3) is 0 Å². The smallest absolute Gasteiger partial charge is 0.256 e. The molecule has 2 aromatic carbocycles. The van der Waals surface area contributed by atoms with Crippen molar-refractivity contribution < 1.29 is 23.1 Å². The average Bonchev–Trinajstić information content (AvgIpc) is 3.23. The third-order valence-corrected chi connectivity index (χ3v) is 5.34. The van der Waals surface area contributed by atoms with Gasteiger partial charge in [-0.3, -0.25) is 4.79 Å². The second-order valence-electron chi connectivity index (χ2n) is 7.67. The monoisotopic (exact) mass is 430 g/mol. The predicted octanol–water partition coefficient (Wildman–Crippen LogP) is 3.56. The normalized spacial score (nSPS) is 14.9. The first-order chi connectivity index (χ1) is 14.8. The Kier molecular flexibility index (Phi) is 5.45. The number of carbonyl (C=O) groups is 1. The topological polar surface area (TPSA) is 81.2 Å². The first kappa shape index (κ1) is 20.9. The Morgan fingerprint density at radius 3 is 2.65 bits per heavy atom. The highest BCUT2D eigenvalue weighted by molar-refractivity contribution is 6.01. The molecule has 162 valence electrons. The number of hydrogen-bond acceptors (Lipinski definition) is 4. The Bertz CT molecular complexity index is 1110. The SMILES string of the molecule is CCc1ccc(Nc2c(C(=O)N3CC(O)(Cc4ncc[nH]4)C3)ccc(F)c2F)c(F)c1. The summed E-state index contributed by atoms with van der Waals surface area (Å²) >= 11 is 0. The molecular weight excluding hydrogens is 409 g/mol. The van der Waals surface area contributed by atoms with E-state index in [-0.39, 0.29) is 30.8 Å². The summed E-state index contributed by atoms with van der Waals surface area (Å²) in [6, 6.07) is 6.36. The van der Waals surface area contributed by atoms with Crippen LogP contribution in [0.5, 0.6) is 0 Å². The Morgan fingerprint density at radius 1 is 1.23 bits per heavy atom. The van der Waals surface area contributed by atoms with Gasteiger partial charge in [-0.2, -0.15) is 0 Å². The number of aryl methyl sites for hydroxylation is 1. The van der Waals surface area contributed by atoms with Crippen LogP contribution in [-0.4, -0.2) is 44.6 Å². The van der Waals surface area contributed by atoms with E-state index in [9.17, 15) is 23.1 Å². The van der Waals surface area contributed by atoms with Crippen LogP contribution in [-0.2, 0) is 12.8 Å². The maximum Gasteiger partial charge on any atom is 0.256 e. The minimum atomic E-state index is -1.28. The number of imidazole rings is 1. The lowest BCUT2D eigenvalue weighted by Gasteiger charge is -2.46. The minimum Gasteiger partial charge on any atom is -0.386 e. The number of benzene rings is 2. The summed E-state index contributed by atoms with van der Waals surface area (Å²) in [4.78, 5) is 21.2. The van der Waals surface area contributed by atoms with Gasteiger partial charge in [0.25, 0.3) is 5.91 Å². The van der Waals surface area contributed by atoms with E-state index < -0.39 is 34.6 Å². The third kappa shape index (κ3) is 4.13. The summed E-state index contributed by atoms with van der Waals surface area (Å²) in [5.74, 6) is -3.11. The average molecular weight is 430 g/mol. The summed E-state index contributed by atoms with van der Waals surface area (Å²) in [7, 11) is 0. The molecule has 0 saturated carbocycles. The number of anilines is 2. The standard InChI is InChI=1S/C22H21F3N4O2/c1-2-13-3-6-17(16(24)9-13)28-20-14(4-5-15(23)19(20)25)21(30)29-11-22(31,12-29)10-18-26-7-8-27-18/h3-9,28,31H,2,10-12H2,1H3,(H,26,27). The molecule has 0 spiro atoms. The van der Waals surface area contributed by atoms with Crippen LogP contribution in [0.15, 0.2) is 42.7 Å². The maximum absolute atomic E-state index is 14.6. The molecule has 0 radical (unpaired) electrons. The van der Waals surface area contributed by atoms with Crippen molar-refractivity contribution >= 4 is 17.3 Å². The van der Waals surface area contributed by atoms with Crippen molar-refractivity contribution in [2.75, 3.05) is 18.4 Å². The molecule has 1 aromatic heterocycles. The Labute approximate surface area is 176 Å². The lowest BCUT2D eigenvalue weighted by atomic mass is 9.89. The summed E-state index contributed by atoms with van der Waals surface area (Å²) in [5, 5.41) is 13.1. The number of aromatic amines is 1. The zero-order valence-corrected chi connectivity index (χ0v) is 16.8.